The zero-order valence-electron chi connectivity index (χ0n) is 17.3. The lowest BCUT2D eigenvalue weighted by atomic mass is 10.1. The minimum absolute atomic E-state index is 0.0406. The minimum Gasteiger partial charge on any atom is -0.493 e. The van der Waals surface area contributed by atoms with Gasteiger partial charge in [-0.15, -0.1) is 0 Å². The molecule has 2 aromatic carbocycles. The summed E-state index contributed by atoms with van der Waals surface area (Å²) in [6.07, 6.45) is 0.278. The summed E-state index contributed by atoms with van der Waals surface area (Å²) in [5.74, 6) is 1.60. The first kappa shape index (κ1) is 20.1. The standard InChI is InChI=1S/C23H24FN3O3/c1-14(2)13-29-19-7-4-16(5-8-19)22-25-23(30-26-22)17-11-21(28)27(12-17)20-9-6-18(24)10-15(20)3/h4-10,14,17H,11-13H2,1-3H3. The van der Waals surface area contributed by atoms with Gasteiger partial charge in [-0.1, -0.05) is 19.0 Å². The Bertz CT molecular complexity index is 1050. The predicted octanol–water partition coefficient (Wildman–Crippen LogP) is 4.74. The fourth-order valence-corrected chi connectivity index (χ4v) is 3.51. The quantitative estimate of drug-likeness (QED) is 0.588. The average Bonchev–Trinajstić information content (AvgIpc) is 3.34. The number of benzene rings is 2. The van der Waals surface area contributed by atoms with Gasteiger partial charge in [0.05, 0.1) is 12.5 Å². The molecule has 30 heavy (non-hydrogen) atoms. The summed E-state index contributed by atoms with van der Waals surface area (Å²) in [6.45, 7) is 7.07. The number of halogens is 1. The van der Waals surface area contributed by atoms with Crippen LogP contribution in [0.5, 0.6) is 5.75 Å². The highest BCUT2D eigenvalue weighted by Gasteiger charge is 2.35. The lowest BCUT2D eigenvalue weighted by Crippen LogP contribution is -2.25. The van der Waals surface area contributed by atoms with Crippen molar-refractivity contribution in [1.82, 2.24) is 10.1 Å². The number of aryl methyl sites for hydroxylation is 1. The van der Waals surface area contributed by atoms with Crippen LogP contribution in [0.4, 0.5) is 10.1 Å². The number of nitrogens with zero attached hydrogens (tertiary/aromatic N) is 3. The van der Waals surface area contributed by atoms with Gasteiger partial charge < -0.3 is 14.2 Å². The number of hydrogen-bond acceptors (Lipinski definition) is 5. The lowest BCUT2D eigenvalue weighted by molar-refractivity contribution is -0.117. The third-order valence-electron chi connectivity index (χ3n) is 5.06. The summed E-state index contributed by atoms with van der Waals surface area (Å²) in [5, 5.41) is 4.08. The summed E-state index contributed by atoms with van der Waals surface area (Å²) >= 11 is 0. The molecule has 0 saturated carbocycles. The van der Waals surface area contributed by atoms with Crippen LogP contribution in [0, 0.1) is 18.7 Å². The van der Waals surface area contributed by atoms with Gasteiger partial charge >= 0.3 is 0 Å². The maximum Gasteiger partial charge on any atom is 0.232 e. The van der Waals surface area contributed by atoms with E-state index in [-0.39, 0.29) is 24.1 Å². The Balaban J connectivity index is 1.47. The van der Waals surface area contributed by atoms with Gasteiger partial charge in [-0.25, -0.2) is 4.39 Å². The van der Waals surface area contributed by atoms with E-state index in [0.29, 0.717) is 36.5 Å². The van der Waals surface area contributed by atoms with Crippen LogP contribution >= 0.6 is 0 Å². The molecule has 1 fully saturated rings. The second-order valence-corrected chi connectivity index (χ2v) is 8.02. The van der Waals surface area contributed by atoms with Crippen molar-refractivity contribution in [3.63, 3.8) is 0 Å². The molecule has 0 bridgehead atoms. The van der Waals surface area contributed by atoms with Crippen LogP contribution in [-0.4, -0.2) is 29.2 Å². The SMILES string of the molecule is Cc1cc(F)ccc1N1CC(c2nc(-c3ccc(OCC(C)C)cc3)no2)CC1=O. The molecule has 0 N–H and O–H groups in total. The van der Waals surface area contributed by atoms with Crippen LogP contribution < -0.4 is 9.64 Å². The van der Waals surface area contributed by atoms with E-state index in [1.807, 2.05) is 24.3 Å². The van der Waals surface area contributed by atoms with Crippen molar-refractivity contribution in [2.75, 3.05) is 18.1 Å². The Kier molecular flexibility index (Phi) is 5.53. The van der Waals surface area contributed by atoms with Gasteiger partial charge in [0, 0.05) is 24.2 Å². The van der Waals surface area contributed by atoms with Gasteiger partial charge in [-0.3, -0.25) is 4.79 Å². The molecule has 0 radical (unpaired) electrons. The van der Waals surface area contributed by atoms with Crippen molar-refractivity contribution in [2.45, 2.75) is 33.1 Å². The Morgan fingerprint density at radius 2 is 2.00 bits per heavy atom. The molecule has 1 atom stereocenters. The van der Waals surface area contributed by atoms with E-state index < -0.39 is 0 Å². The number of aromatic nitrogens is 2. The Morgan fingerprint density at radius 1 is 1.23 bits per heavy atom. The zero-order valence-corrected chi connectivity index (χ0v) is 17.3. The van der Waals surface area contributed by atoms with Crippen LogP contribution in [0.15, 0.2) is 47.0 Å². The summed E-state index contributed by atoms with van der Waals surface area (Å²) in [7, 11) is 0. The number of ether oxygens (including phenoxy) is 1. The molecule has 1 unspecified atom stereocenters. The molecule has 1 aliphatic heterocycles. The number of anilines is 1. The van der Waals surface area contributed by atoms with E-state index >= 15 is 0 Å². The highest BCUT2D eigenvalue weighted by atomic mass is 19.1. The van der Waals surface area contributed by atoms with Crippen molar-refractivity contribution >= 4 is 11.6 Å². The van der Waals surface area contributed by atoms with Gasteiger partial charge in [0.2, 0.25) is 17.6 Å². The van der Waals surface area contributed by atoms with Gasteiger partial charge in [0.25, 0.3) is 0 Å². The number of rotatable bonds is 6. The van der Waals surface area contributed by atoms with Gasteiger partial charge in [0.15, 0.2) is 0 Å². The molecular weight excluding hydrogens is 385 g/mol. The second-order valence-electron chi connectivity index (χ2n) is 8.02. The molecule has 156 valence electrons. The molecule has 1 aromatic heterocycles. The van der Waals surface area contributed by atoms with Gasteiger partial charge in [-0.05, 0) is 60.9 Å². The molecule has 2 heterocycles. The lowest BCUT2D eigenvalue weighted by Gasteiger charge is -2.18. The number of carbonyl (C=O) groups is 1. The Labute approximate surface area is 174 Å². The van der Waals surface area contributed by atoms with E-state index in [9.17, 15) is 9.18 Å². The molecule has 6 nitrogen and oxygen atoms in total. The highest BCUT2D eigenvalue weighted by Crippen LogP contribution is 2.33. The van der Waals surface area contributed by atoms with Crippen molar-refractivity contribution in [3.8, 4) is 17.1 Å². The highest BCUT2D eigenvalue weighted by molar-refractivity contribution is 5.97. The van der Waals surface area contributed by atoms with Crippen molar-refractivity contribution in [1.29, 1.82) is 0 Å². The van der Waals surface area contributed by atoms with E-state index in [1.165, 1.54) is 12.1 Å². The largest absolute Gasteiger partial charge is 0.493 e. The Morgan fingerprint density at radius 3 is 2.70 bits per heavy atom. The molecule has 1 amide bonds. The minimum atomic E-state index is -0.318. The molecule has 0 aliphatic carbocycles. The monoisotopic (exact) mass is 409 g/mol. The first-order chi connectivity index (χ1) is 14.4. The van der Waals surface area contributed by atoms with Crippen molar-refractivity contribution in [2.24, 2.45) is 5.92 Å². The smallest absolute Gasteiger partial charge is 0.232 e. The molecule has 7 heteroatoms. The van der Waals surface area contributed by atoms with Gasteiger partial charge in [0.1, 0.15) is 11.6 Å². The van der Waals surface area contributed by atoms with Crippen molar-refractivity contribution < 1.29 is 18.4 Å². The predicted molar refractivity (Wildman–Crippen MR) is 111 cm³/mol. The van der Waals surface area contributed by atoms with Crippen LogP contribution in [0.2, 0.25) is 0 Å². The van der Waals surface area contributed by atoms with Crippen molar-refractivity contribution in [3.05, 3.63) is 59.7 Å². The first-order valence-electron chi connectivity index (χ1n) is 10.0. The van der Waals surface area contributed by atoms with E-state index in [4.69, 9.17) is 9.26 Å². The maximum atomic E-state index is 13.4. The summed E-state index contributed by atoms with van der Waals surface area (Å²) < 4.78 is 24.6. The second kappa shape index (κ2) is 8.26. The fraction of sp³-hybridized carbons (Fsp3) is 0.348. The topological polar surface area (TPSA) is 68.5 Å². The zero-order chi connectivity index (χ0) is 21.3. The normalized spacial score (nSPS) is 16.5. The molecule has 1 saturated heterocycles. The van der Waals surface area contributed by atoms with Gasteiger partial charge in [-0.2, -0.15) is 4.98 Å². The number of carbonyl (C=O) groups excluding carboxylic acids is 1. The van der Waals surface area contributed by atoms with Crippen LogP contribution in [-0.2, 0) is 4.79 Å². The van der Waals surface area contributed by atoms with E-state index in [0.717, 1.165) is 16.9 Å². The van der Waals surface area contributed by atoms with Crippen LogP contribution in [0.1, 0.15) is 37.6 Å². The van der Waals surface area contributed by atoms with Crippen LogP contribution in [0.3, 0.4) is 0 Å². The summed E-state index contributed by atoms with van der Waals surface area (Å²) in [4.78, 5) is 18.7. The first-order valence-corrected chi connectivity index (χ1v) is 10.0. The Hall–Kier alpha value is -3.22. The molecule has 0 spiro atoms. The summed E-state index contributed by atoms with van der Waals surface area (Å²) in [5.41, 5.74) is 2.24. The fourth-order valence-electron chi connectivity index (χ4n) is 3.51. The number of amides is 1. The molecule has 3 aromatic rings. The molecule has 4 rings (SSSR count). The summed E-state index contributed by atoms with van der Waals surface area (Å²) in [6, 6.07) is 12.0. The maximum absolute atomic E-state index is 13.4. The third-order valence-corrected chi connectivity index (χ3v) is 5.06. The van der Waals surface area contributed by atoms with E-state index in [2.05, 4.69) is 24.0 Å². The molecule has 1 aliphatic rings. The third kappa shape index (κ3) is 4.20. The van der Waals surface area contributed by atoms with E-state index in [1.54, 1.807) is 17.9 Å². The van der Waals surface area contributed by atoms with Crippen LogP contribution in [0.25, 0.3) is 11.4 Å². The average molecular weight is 409 g/mol. The molecular formula is C23H24FN3O3. The number of hydrogen-bond donors (Lipinski definition) is 0.